The zero-order valence-corrected chi connectivity index (χ0v) is 14.8. The van der Waals surface area contributed by atoms with Gasteiger partial charge < -0.3 is 10.1 Å². The predicted molar refractivity (Wildman–Crippen MR) is 101 cm³/mol. The first-order valence-corrected chi connectivity index (χ1v) is 9.17. The Kier molecular flexibility index (Phi) is 4.19. The van der Waals surface area contributed by atoms with Crippen LogP contribution in [0, 0.1) is 0 Å². The molecule has 0 bridgehead atoms. The molecular weight excluding hydrogens is 332 g/mol. The van der Waals surface area contributed by atoms with Crippen LogP contribution in [0.15, 0.2) is 65.8 Å². The highest BCUT2D eigenvalue weighted by Gasteiger charge is 2.23. The van der Waals surface area contributed by atoms with E-state index in [1.54, 1.807) is 25.2 Å². The van der Waals surface area contributed by atoms with Crippen LogP contribution in [0.3, 0.4) is 0 Å². The molecule has 1 aliphatic rings. The van der Waals surface area contributed by atoms with Crippen LogP contribution in [0.1, 0.15) is 17.2 Å². The van der Waals surface area contributed by atoms with Gasteiger partial charge in [0.25, 0.3) is 0 Å². The van der Waals surface area contributed by atoms with E-state index in [1.807, 2.05) is 22.9 Å². The molecule has 0 fully saturated rings. The molecule has 5 nitrogen and oxygen atoms in total. The largest absolute Gasteiger partial charge is 0.497 e. The first-order chi connectivity index (χ1) is 12.3. The molecule has 1 atom stereocenters. The van der Waals surface area contributed by atoms with Crippen molar-refractivity contribution in [2.24, 2.45) is 0 Å². The summed E-state index contributed by atoms with van der Waals surface area (Å²) >= 11 is 1.74. The molecule has 2 aromatic carbocycles. The van der Waals surface area contributed by atoms with Gasteiger partial charge in [-0.2, -0.15) is 10.1 Å². The van der Waals surface area contributed by atoms with Gasteiger partial charge in [0.15, 0.2) is 0 Å². The van der Waals surface area contributed by atoms with Gasteiger partial charge in [0, 0.05) is 16.2 Å². The Bertz CT molecular complexity index is 917. The molecule has 4 rings (SSSR count). The Labute approximate surface area is 150 Å². The zero-order chi connectivity index (χ0) is 17.2. The van der Waals surface area contributed by atoms with Crippen LogP contribution in [0.5, 0.6) is 5.75 Å². The first kappa shape index (κ1) is 15.8. The summed E-state index contributed by atoms with van der Waals surface area (Å²) in [7, 11) is 1.68. The summed E-state index contributed by atoms with van der Waals surface area (Å²) in [5.74, 6) is 1.56. The van der Waals surface area contributed by atoms with Crippen LogP contribution < -0.4 is 10.1 Å². The van der Waals surface area contributed by atoms with E-state index in [0.717, 1.165) is 23.0 Å². The van der Waals surface area contributed by atoms with Crippen molar-refractivity contribution in [2.45, 2.75) is 10.9 Å². The minimum absolute atomic E-state index is 0.00384. The van der Waals surface area contributed by atoms with Gasteiger partial charge in [-0.05, 0) is 42.2 Å². The smallest absolute Gasteiger partial charge is 0.226 e. The molecule has 3 aromatic rings. The summed E-state index contributed by atoms with van der Waals surface area (Å²) in [5.41, 5.74) is 3.23. The summed E-state index contributed by atoms with van der Waals surface area (Å²) in [4.78, 5) is 5.59. The fourth-order valence-corrected chi connectivity index (χ4v) is 3.34. The van der Waals surface area contributed by atoms with Gasteiger partial charge >= 0.3 is 0 Å². The van der Waals surface area contributed by atoms with Gasteiger partial charge in [0.2, 0.25) is 5.95 Å². The third-order valence-electron chi connectivity index (χ3n) is 4.25. The highest BCUT2D eigenvalue weighted by Crippen LogP contribution is 2.33. The van der Waals surface area contributed by atoms with Crippen molar-refractivity contribution in [2.75, 3.05) is 18.7 Å². The number of nitrogens with one attached hydrogen (secondary N) is 1. The number of ether oxygens (including phenoxy) is 1. The number of benzene rings is 2. The molecule has 6 heteroatoms. The van der Waals surface area contributed by atoms with Crippen LogP contribution in [-0.4, -0.2) is 28.1 Å². The van der Waals surface area contributed by atoms with Crippen LogP contribution in [0.2, 0.25) is 0 Å². The molecule has 0 amide bonds. The van der Waals surface area contributed by atoms with E-state index in [1.165, 1.54) is 10.5 Å². The first-order valence-electron chi connectivity index (χ1n) is 7.95. The Hall–Kier alpha value is -2.73. The number of aromatic nitrogens is 3. The summed E-state index contributed by atoms with van der Waals surface area (Å²) in [6, 6.07) is 16.6. The number of hydrogen-bond donors (Lipinski definition) is 1. The highest BCUT2D eigenvalue weighted by atomic mass is 32.2. The molecule has 25 heavy (non-hydrogen) atoms. The molecular formula is C19H18N4OS. The van der Waals surface area contributed by atoms with E-state index >= 15 is 0 Å². The highest BCUT2D eigenvalue weighted by molar-refractivity contribution is 7.98. The molecule has 1 aromatic heterocycles. The van der Waals surface area contributed by atoms with Crippen molar-refractivity contribution in [3.05, 3.63) is 72.1 Å². The van der Waals surface area contributed by atoms with Crippen molar-refractivity contribution in [1.82, 2.24) is 14.8 Å². The van der Waals surface area contributed by atoms with Crippen LogP contribution in [-0.2, 0) is 0 Å². The normalized spacial score (nSPS) is 15.9. The van der Waals surface area contributed by atoms with Crippen molar-refractivity contribution in [1.29, 1.82) is 0 Å². The van der Waals surface area contributed by atoms with Gasteiger partial charge in [-0.1, -0.05) is 24.3 Å². The number of allylic oxidation sites excluding steroid dienone is 1. The van der Waals surface area contributed by atoms with Crippen LogP contribution >= 0.6 is 11.8 Å². The van der Waals surface area contributed by atoms with Crippen molar-refractivity contribution < 1.29 is 4.74 Å². The molecule has 1 N–H and O–H groups in total. The van der Waals surface area contributed by atoms with Gasteiger partial charge in [-0.15, -0.1) is 11.8 Å². The summed E-state index contributed by atoms with van der Waals surface area (Å²) in [5, 5.41) is 7.75. The van der Waals surface area contributed by atoms with E-state index < -0.39 is 0 Å². The Morgan fingerprint density at radius 3 is 2.76 bits per heavy atom. The lowest BCUT2D eigenvalue weighted by Gasteiger charge is -2.24. The van der Waals surface area contributed by atoms with Crippen molar-refractivity contribution in [3.63, 3.8) is 0 Å². The average Bonchev–Trinajstić information content (AvgIpc) is 3.16. The molecule has 126 valence electrons. The van der Waals surface area contributed by atoms with Crippen LogP contribution in [0.25, 0.3) is 5.70 Å². The quantitative estimate of drug-likeness (QED) is 0.719. The number of nitrogens with zero attached hydrogens (tertiary/aromatic N) is 3. The summed E-state index contributed by atoms with van der Waals surface area (Å²) in [6.45, 7) is 0. The number of hydrogen-bond acceptors (Lipinski definition) is 5. The van der Waals surface area contributed by atoms with Crippen molar-refractivity contribution >= 4 is 23.4 Å². The van der Waals surface area contributed by atoms with Gasteiger partial charge in [-0.3, -0.25) is 0 Å². The predicted octanol–water partition coefficient (Wildman–Crippen LogP) is 4.06. The Morgan fingerprint density at radius 1 is 1.16 bits per heavy atom. The minimum Gasteiger partial charge on any atom is -0.497 e. The average molecular weight is 350 g/mol. The molecule has 0 radical (unpaired) electrons. The maximum Gasteiger partial charge on any atom is 0.226 e. The molecule has 0 saturated heterocycles. The number of rotatable bonds is 4. The van der Waals surface area contributed by atoms with Gasteiger partial charge in [0.05, 0.1) is 7.11 Å². The van der Waals surface area contributed by atoms with E-state index in [0.29, 0.717) is 0 Å². The lowest BCUT2D eigenvalue weighted by Crippen LogP contribution is -2.20. The monoisotopic (exact) mass is 350 g/mol. The van der Waals surface area contributed by atoms with Gasteiger partial charge in [-0.25, -0.2) is 4.68 Å². The SMILES string of the molecule is COc1cccc(C2=C[C@@H](c3ccc(SC)cc3)n3ncnc3N2)c1. The maximum atomic E-state index is 5.35. The second-order valence-corrected chi connectivity index (χ2v) is 6.56. The number of anilines is 1. The number of methoxy groups -OCH3 is 1. The molecule has 0 aliphatic carbocycles. The fraction of sp³-hybridized carbons (Fsp3) is 0.158. The number of fused-ring (bicyclic) bond motifs is 1. The molecule has 2 heterocycles. The third kappa shape index (κ3) is 3.00. The number of thioether (sulfide) groups is 1. The lowest BCUT2D eigenvalue weighted by atomic mass is 10.0. The van der Waals surface area contributed by atoms with E-state index in [-0.39, 0.29) is 6.04 Å². The van der Waals surface area contributed by atoms with Gasteiger partial charge in [0.1, 0.15) is 18.1 Å². The molecule has 0 unspecified atom stereocenters. The fourth-order valence-electron chi connectivity index (χ4n) is 2.93. The molecule has 0 spiro atoms. The zero-order valence-electron chi connectivity index (χ0n) is 14.0. The Balaban J connectivity index is 1.77. The third-order valence-corrected chi connectivity index (χ3v) is 4.99. The van der Waals surface area contributed by atoms with E-state index in [4.69, 9.17) is 4.74 Å². The molecule has 1 aliphatic heterocycles. The summed E-state index contributed by atoms with van der Waals surface area (Å²) < 4.78 is 7.25. The minimum atomic E-state index is -0.00384. The van der Waals surface area contributed by atoms with E-state index in [9.17, 15) is 0 Å². The topological polar surface area (TPSA) is 52.0 Å². The van der Waals surface area contributed by atoms with Crippen LogP contribution in [0.4, 0.5) is 5.95 Å². The van der Waals surface area contributed by atoms with Crippen molar-refractivity contribution in [3.8, 4) is 5.75 Å². The summed E-state index contributed by atoms with van der Waals surface area (Å²) in [6.07, 6.45) is 5.83. The molecule has 0 saturated carbocycles. The Morgan fingerprint density at radius 2 is 2.00 bits per heavy atom. The second kappa shape index (κ2) is 6.64. The van der Waals surface area contributed by atoms with E-state index in [2.05, 4.69) is 58.1 Å². The maximum absolute atomic E-state index is 5.35. The second-order valence-electron chi connectivity index (χ2n) is 5.68. The standard InChI is InChI=1S/C19H18N4OS/c1-24-15-5-3-4-14(10-15)17-11-18(23-19(22-17)20-12-21-23)13-6-8-16(25-2)9-7-13/h3-12,18H,1-2H3,(H,20,21,22)/t18-/m0/s1. The lowest BCUT2D eigenvalue weighted by molar-refractivity contribution is 0.414.